The van der Waals surface area contributed by atoms with E-state index in [0.717, 1.165) is 18.8 Å². The maximum Gasteiger partial charge on any atom is 0.324 e. The van der Waals surface area contributed by atoms with Crippen molar-refractivity contribution in [2.24, 2.45) is 5.92 Å². The van der Waals surface area contributed by atoms with Gasteiger partial charge in [0.15, 0.2) is 5.82 Å². The van der Waals surface area contributed by atoms with Crippen LogP contribution in [0.3, 0.4) is 0 Å². The topological polar surface area (TPSA) is 86.3 Å². The van der Waals surface area contributed by atoms with Crippen molar-refractivity contribution in [1.29, 1.82) is 0 Å². The molecule has 2 aromatic heterocycles. The molecule has 2 aromatic rings. The molecule has 122 valence electrons. The Morgan fingerprint density at radius 1 is 1.35 bits per heavy atom. The highest BCUT2D eigenvalue weighted by atomic mass is 16.5. The predicted octanol–water partition coefficient (Wildman–Crippen LogP) is 0.786. The van der Waals surface area contributed by atoms with E-state index in [2.05, 4.69) is 15.2 Å². The lowest BCUT2D eigenvalue weighted by molar-refractivity contribution is 0.174. The minimum Gasteiger partial charge on any atom is -0.377 e. The highest BCUT2D eigenvalue weighted by Gasteiger charge is 2.32. The molecule has 0 spiro atoms. The first kappa shape index (κ1) is 14.4. The zero-order chi connectivity index (χ0) is 15.8. The van der Waals surface area contributed by atoms with Crippen molar-refractivity contribution < 1.29 is 9.26 Å². The van der Waals surface area contributed by atoms with Crippen LogP contribution in [-0.4, -0.2) is 40.1 Å². The van der Waals surface area contributed by atoms with E-state index in [4.69, 9.17) is 9.26 Å². The fraction of sp³-hybridized carbons (Fsp3) is 0.600. The van der Waals surface area contributed by atoms with Crippen molar-refractivity contribution in [3.8, 4) is 0 Å². The fourth-order valence-corrected chi connectivity index (χ4v) is 2.84. The van der Waals surface area contributed by atoms with Crippen LogP contribution >= 0.6 is 0 Å². The number of hydrogen-bond acceptors (Lipinski definition) is 7. The summed E-state index contributed by atoms with van der Waals surface area (Å²) in [5.41, 5.74) is 1.01. The Hall–Kier alpha value is -2.22. The minimum absolute atomic E-state index is 0.0342. The zero-order valence-corrected chi connectivity index (χ0v) is 13.0. The van der Waals surface area contributed by atoms with Crippen LogP contribution in [0.25, 0.3) is 0 Å². The Morgan fingerprint density at radius 3 is 2.91 bits per heavy atom. The standard InChI is InChI=1S/C15H19N5O3/c1-22-9-13-16-15(23-18-13)19-6-10(7-19)8-20-14(21)5-4-12(17-20)11-2-3-11/h4-5,10-11H,2-3,6-9H2,1H3. The number of aromatic nitrogens is 4. The van der Waals surface area contributed by atoms with Crippen molar-refractivity contribution >= 4 is 6.01 Å². The van der Waals surface area contributed by atoms with E-state index in [1.807, 2.05) is 11.0 Å². The van der Waals surface area contributed by atoms with Crippen LogP contribution in [-0.2, 0) is 17.9 Å². The SMILES string of the molecule is COCc1noc(N2CC(Cn3nc(C4CC4)ccc3=O)C2)n1. The van der Waals surface area contributed by atoms with Crippen LogP contribution in [0.5, 0.6) is 0 Å². The first-order valence-corrected chi connectivity index (χ1v) is 7.87. The smallest absolute Gasteiger partial charge is 0.324 e. The Morgan fingerprint density at radius 2 is 2.17 bits per heavy atom. The molecular formula is C15H19N5O3. The molecule has 1 aliphatic carbocycles. The summed E-state index contributed by atoms with van der Waals surface area (Å²) in [6.07, 6.45) is 2.37. The first-order chi connectivity index (χ1) is 11.2. The van der Waals surface area contributed by atoms with Crippen LogP contribution in [0.4, 0.5) is 6.01 Å². The lowest BCUT2D eigenvalue weighted by atomic mass is 10.0. The molecule has 0 bridgehead atoms. The molecular weight excluding hydrogens is 298 g/mol. The second-order valence-corrected chi connectivity index (χ2v) is 6.25. The van der Waals surface area contributed by atoms with E-state index in [0.29, 0.717) is 36.8 Å². The normalized spacial score (nSPS) is 18.2. The Labute approximate surface area is 133 Å². The Balaban J connectivity index is 1.37. The molecule has 0 unspecified atom stereocenters. The van der Waals surface area contributed by atoms with Crippen LogP contribution in [0.15, 0.2) is 21.5 Å². The quantitative estimate of drug-likeness (QED) is 0.778. The minimum atomic E-state index is -0.0342. The zero-order valence-electron chi connectivity index (χ0n) is 13.0. The van der Waals surface area contributed by atoms with Gasteiger partial charge in [0.2, 0.25) is 0 Å². The van der Waals surface area contributed by atoms with Gasteiger partial charge in [-0.1, -0.05) is 5.16 Å². The van der Waals surface area contributed by atoms with Gasteiger partial charge in [-0.3, -0.25) is 4.79 Å². The molecule has 0 atom stereocenters. The molecule has 0 amide bonds. The average molecular weight is 317 g/mol. The number of rotatable bonds is 6. The van der Waals surface area contributed by atoms with Crippen molar-refractivity contribution in [2.45, 2.75) is 31.9 Å². The lowest BCUT2D eigenvalue weighted by Crippen LogP contribution is -2.50. The number of ether oxygens (including phenoxy) is 1. The second kappa shape index (κ2) is 5.77. The molecule has 0 radical (unpaired) electrons. The summed E-state index contributed by atoms with van der Waals surface area (Å²) in [4.78, 5) is 18.2. The maximum atomic E-state index is 11.9. The van der Waals surface area contributed by atoms with Crippen molar-refractivity contribution in [3.63, 3.8) is 0 Å². The second-order valence-electron chi connectivity index (χ2n) is 6.25. The molecule has 2 aliphatic rings. The third-order valence-electron chi connectivity index (χ3n) is 4.27. The fourth-order valence-electron chi connectivity index (χ4n) is 2.84. The van der Waals surface area contributed by atoms with Gasteiger partial charge in [0.05, 0.1) is 12.2 Å². The monoisotopic (exact) mass is 317 g/mol. The predicted molar refractivity (Wildman–Crippen MR) is 81.2 cm³/mol. The van der Waals surface area contributed by atoms with Gasteiger partial charge in [-0.2, -0.15) is 10.1 Å². The van der Waals surface area contributed by atoms with Gasteiger partial charge in [0.1, 0.15) is 6.61 Å². The molecule has 1 aliphatic heterocycles. The van der Waals surface area contributed by atoms with E-state index in [-0.39, 0.29) is 5.56 Å². The highest BCUT2D eigenvalue weighted by molar-refractivity contribution is 5.30. The molecule has 23 heavy (non-hydrogen) atoms. The largest absolute Gasteiger partial charge is 0.377 e. The molecule has 1 saturated heterocycles. The van der Waals surface area contributed by atoms with Crippen LogP contribution in [0, 0.1) is 5.92 Å². The Bertz CT molecular complexity index is 746. The van der Waals surface area contributed by atoms with Gasteiger partial charge in [-0.25, -0.2) is 4.68 Å². The van der Waals surface area contributed by atoms with Crippen LogP contribution in [0.2, 0.25) is 0 Å². The highest BCUT2D eigenvalue weighted by Crippen LogP contribution is 2.38. The summed E-state index contributed by atoms with van der Waals surface area (Å²) < 4.78 is 11.8. The van der Waals surface area contributed by atoms with E-state index < -0.39 is 0 Å². The van der Waals surface area contributed by atoms with Crippen molar-refractivity contribution in [3.05, 3.63) is 34.0 Å². The third kappa shape index (κ3) is 2.98. The molecule has 0 aromatic carbocycles. The third-order valence-corrected chi connectivity index (χ3v) is 4.27. The number of anilines is 1. The summed E-state index contributed by atoms with van der Waals surface area (Å²) in [7, 11) is 1.59. The van der Waals surface area contributed by atoms with Crippen molar-refractivity contribution in [1.82, 2.24) is 19.9 Å². The van der Waals surface area contributed by atoms with E-state index >= 15 is 0 Å². The summed E-state index contributed by atoms with van der Waals surface area (Å²) in [6.45, 7) is 2.55. The van der Waals surface area contributed by atoms with Gasteiger partial charge < -0.3 is 14.2 Å². The van der Waals surface area contributed by atoms with Gasteiger partial charge in [0, 0.05) is 38.1 Å². The van der Waals surface area contributed by atoms with E-state index in [1.165, 1.54) is 12.8 Å². The van der Waals surface area contributed by atoms with Gasteiger partial charge in [-0.15, -0.1) is 0 Å². The number of hydrogen-bond donors (Lipinski definition) is 0. The number of methoxy groups -OCH3 is 1. The van der Waals surface area contributed by atoms with Gasteiger partial charge in [-0.05, 0) is 18.9 Å². The molecule has 4 rings (SSSR count). The van der Waals surface area contributed by atoms with Crippen LogP contribution in [0.1, 0.15) is 30.3 Å². The van der Waals surface area contributed by atoms with Gasteiger partial charge in [0.25, 0.3) is 5.56 Å². The molecule has 0 N–H and O–H groups in total. The average Bonchev–Trinajstić information content (AvgIpc) is 3.25. The molecule has 8 nitrogen and oxygen atoms in total. The molecule has 8 heteroatoms. The summed E-state index contributed by atoms with van der Waals surface area (Å²) in [6, 6.07) is 4.01. The number of nitrogens with zero attached hydrogens (tertiary/aromatic N) is 5. The van der Waals surface area contributed by atoms with Gasteiger partial charge >= 0.3 is 6.01 Å². The van der Waals surface area contributed by atoms with Crippen LogP contribution < -0.4 is 10.5 Å². The van der Waals surface area contributed by atoms with Crippen molar-refractivity contribution in [2.75, 3.05) is 25.1 Å². The lowest BCUT2D eigenvalue weighted by Gasteiger charge is -2.37. The molecule has 3 heterocycles. The van der Waals surface area contributed by atoms with E-state index in [1.54, 1.807) is 17.9 Å². The summed E-state index contributed by atoms with van der Waals surface area (Å²) in [5.74, 6) is 1.46. The van der Waals surface area contributed by atoms with E-state index in [9.17, 15) is 4.79 Å². The first-order valence-electron chi connectivity index (χ1n) is 7.87. The summed E-state index contributed by atoms with van der Waals surface area (Å²) >= 11 is 0. The Kier molecular flexibility index (Phi) is 3.60. The molecule has 2 fully saturated rings. The molecule has 1 saturated carbocycles. The maximum absolute atomic E-state index is 11.9. The summed E-state index contributed by atoms with van der Waals surface area (Å²) in [5, 5.41) is 8.35.